The quantitative estimate of drug-likeness (QED) is 0.214. The van der Waals surface area contributed by atoms with Crippen molar-refractivity contribution in [2.75, 3.05) is 0 Å². The van der Waals surface area contributed by atoms with Gasteiger partial charge in [0.05, 0.1) is 28.1 Å². The first kappa shape index (κ1) is 25.0. The summed E-state index contributed by atoms with van der Waals surface area (Å²) in [4.78, 5) is 10.3. The summed E-state index contributed by atoms with van der Waals surface area (Å²) in [5.41, 5.74) is 10.6. The normalized spacial score (nSPS) is 11.3. The van der Waals surface area contributed by atoms with E-state index in [1.165, 1.54) is 21.8 Å². The molecular formula is C40H27N3. The van der Waals surface area contributed by atoms with Crippen LogP contribution in [-0.2, 0) is 0 Å². The van der Waals surface area contributed by atoms with Gasteiger partial charge in [-0.05, 0) is 29.8 Å². The summed E-state index contributed by atoms with van der Waals surface area (Å²) in [6.45, 7) is 0. The van der Waals surface area contributed by atoms with Crippen LogP contribution in [0, 0.1) is 0 Å². The highest BCUT2D eigenvalue weighted by Gasteiger charge is 2.19. The number of nitrogens with zero attached hydrogens (tertiary/aromatic N) is 3. The second-order valence-corrected chi connectivity index (χ2v) is 10.6. The van der Waals surface area contributed by atoms with Gasteiger partial charge in [0.25, 0.3) is 0 Å². The fourth-order valence-corrected chi connectivity index (χ4v) is 6.07. The maximum Gasteiger partial charge on any atom is 0.161 e. The van der Waals surface area contributed by atoms with E-state index in [9.17, 15) is 0 Å². The monoisotopic (exact) mass is 549 g/mol. The molecule has 0 aliphatic rings. The van der Waals surface area contributed by atoms with Crippen LogP contribution in [0.2, 0.25) is 0 Å². The van der Waals surface area contributed by atoms with Crippen molar-refractivity contribution in [3.63, 3.8) is 0 Å². The molecule has 0 spiro atoms. The average Bonchev–Trinajstić information content (AvgIpc) is 3.43. The number of rotatable bonds is 5. The molecule has 8 aromatic rings. The second kappa shape index (κ2) is 10.6. The highest BCUT2D eigenvalue weighted by molar-refractivity contribution is 6.09. The lowest BCUT2D eigenvalue weighted by atomic mass is 9.97. The highest BCUT2D eigenvalue weighted by atomic mass is 15.0. The van der Waals surface area contributed by atoms with Gasteiger partial charge in [-0.2, -0.15) is 0 Å². The molecule has 8 rings (SSSR count). The van der Waals surface area contributed by atoms with Gasteiger partial charge in [-0.3, -0.25) is 0 Å². The van der Waals surface area contributed by atoms with Crippen molar-refractivity contribution in [2.24, 2.45) is 0 Å². The Hall–Kier alpha value is -5.80. The highest BCUT2D eigenvalue weighted by Crippen LogP contribution is 2.39. The van der Waals surface area contributed by atoms with Crippen LogP contribution in [0.1, 0.15) is 0 Å². The van der Waals surface area contributed by atoms with Crippen LogP contribution in [0.4, 0.5) is 0 Å². The molecule has 0 fully saturated rings. The van der Waals surface area contributed by atoms with Gasteiger partial charge in [0, 0.05) is 33.0 Å². The topological polar surface area (TPSA) is 30.7 Å². The van der Waals surface area contributed by atoms with Gasteiger partial charge in [0.1, 0.15) is 0 Å². The summed E-state index contributed by atoms with van der Waals surface area (Å²) in [6, 6.07) is 57.2. The summed E-state index contributed by atoms with van der Waals surface area (Å²) in [5.74, 6) is 0.702. The molecule has 202 valence electrons. The van der Waals surface area contributed by atoms with Crippen LogP contribution < -0.4 is 0 Å². The summed E-state index contributed by atoms with van der Waals surface area (Å²) in [7, 11) is 0. The van der Waals surface area contributed by atoms with Crippen LogP contribution in [0.3, 0.4) is 0 Å². The maximum atomic E-state index is 5.16. The van der Waals surface area contributed by atoms with E-state index in [-0.39, 0.29) is 0 Å². The Morgan fingerprint density at radius 3 is 1.40 bits per heavy atom. The molecular weight excluding hydrogens is 522 g/mol. The Labute approximate surface area is 250 Å². The molecule has 0 aliphatic heterocycles. The average molecular weight is 550 g/mol. The summed E-state index contributed by atoms with van der Waals surface area (Å²) in [5, 5.41) is 2.49. The number of aromatic nitrogens is 3. The molecule has 2 aromatic heterocycles. The standard InChI is InChI=1S/C40H27N3/c1-3-15-28(16-4-1)35-27-36(29-17-5-2-6-18-29)42-40(41-35)34-23-8-7-19-30(34)31-20-9-12-24-37(31)43-38-25-13-10-21-32(38)33-22-11-14-26-39(33)43/h1-27H. The number of hydrogen-bond donors (Lipinski definition) is 0. The van der Waals surface area contributed by atoms with Crippen molar-refractivity contribution in [3.8, 4) is 50.7 Å². The SMILES string of the molecule is c1ccc(-c2cc(-c3ccccc3)nc(-c3ccccc3-c3ccccc3-n3c4ccccc4c4ccccc43)n2)cc1. The first-order valence-corrected chi connectivity index (χ1v) is 14.5. The molecule has 0 atom stereocenters. The molecule has 43 heavy (non-hydrogen) atoms. The minimum atomic E-state index is 0.702. The summed E-state index contributed by atoms with van der Waals surface area (Å²) < 4.78 is 2.38. The van der Waals surface area contributed by atoms with Gasteiger partial charge in [-0.15, -0.1) is 0 Å². The van der Waals surface area contributed by atoms with Gasteiger partial charge in [-0.1, -0.05) is 140 Å². The third kappa shape index (κ3) is 4.39. The number of fused-ring (bicyclic) bond motifs is 3. The lowest BCUT2D eigenvalue weighted by molar-refractivity contribution is 1.17. The van der Waals surface area contributed by atoms with Crippen molar-refractivity contribution >= 4 is 21.8 Å². The Kier molecular flexibility index (Phi) is 6.12. The van der Waals surface area contributed by atoms with Crippen LogP contribution >= 0.6 is 0 Å². The Morgan fingerprint density at radius 2 is 0.814 bits per heavy atom. The predicted octanol–water partition coefficient (Wildman–Crippen LogP) is 10.2. The number of hydrogen-bond acceptors (Lipinski definition) is 2. The molecule has 6 aromatic carbocycles. The van der Waals surface area contributed by atoms with Crippen molar-refractivity contribution in [3.05, 3.63) is 164 Å². The fraction of sp³-hybridized carbons (Fsp3) is 0. The molecule has 0 amide bonds. The Bertz CT molecular complexity index is 2120. The second-order valence-electron chi connectivity index (χ2n) is 10.6. The van der Waals surface area contributed by atoms with Gasteiger partial charge >= 0.3 is 0 Å². The fourth-order valence-electron chi connectivity index (χ4n) is 6.07. The zero-order valence-corrected chi connectivity index (χ0v) is 23.4. The van der Waals surface area contributed by atoms with Crippen LogP contribution in [0.15, 0.2) is 164 Å². The minimum Gasteiger partial charge on any atom is -0.309 e. The molecule has 2 heterocycles. The smallest absolute Gasteiger partial charge is 0.161 e. The maximum absolute atomic E-state index is 5.16. The summed E-state index contributed by atoms with van der Waals surface area (Å²) >= 11 is 0. The minimum absolute atomic E-state index is 0.702. The van der Waals surface area contributed by atoms with Gasteiger partial charge in [0.15, 0.2) is 5.82 Å². The lowest BCUT2D eigenvalue weighted by Gasteiger charge is -2.17. The van der Waals surface area contributed by atoms with E-state index in [0.717, 1.165) is 44.9 Å². The number of para-hydroxylation sites is 3. The first-order valence-electron chi connectivity index (χ1n) is 14.5. The zero-order chi connectivity index (χ0) is 28.6. The zero-order valence-electron chi connectivity index (χ0n) is 23.4. The Morgan fingerprint density at radius 1 is 0.372 bits per heavy atom. The van der Waals surface area contributed by atoms with E-state index >= 15 is 0 Å². The third-order valence-corrected chi connectivity index (χ3v) is 8.05. The predicted molar refractivity (Wildman–Crippen MR) is 178 cm³/mol. The van der Waals surface area contributed by atoms with E-state index in [1.807, 2.05) is 12.1 Å². The van der Waals surface area contributed by atoms with Crippen molar-refractivity contribution in [1.82, 2.24) is 14.5 Å². The van der Waals surface area contributed by atoms with Crippen LogP contribution in [0.5, 0.6) is 0 Å². The molecule has 0 radical (unpaired) electrons. The van der Waals surface area contributed by atoms with Crippen molar-refractivity contribution in [2.45, 2.75) is 0 Å². The molecule has 0 saturated carbocycles. The van der Waals surface area contributed by atoms with Crippen LogP contribution in [-0.4, -0.2) is 14.5 Å². The van der Waals surface area contributed by atoms with E-state index in [0.29, 0.717) is 5.82 Å². The van der Waals surface area contributed by atoms with Gasteiger partial charge < -0.3 is 4.57 Å². The molecule has 3 heteroatoms. The van der Waals surface area contributed by atoms with Gasteiger partial charge in [-0.25, -0.2) is 9.97 Å². The molecule has 0 saturated heterocycles. The third-order valence-electron chi connectivity index (χ3n) is 8.05. The van der Waals surface area contributed by atoms with Crippen LogP contribution in [0.25, 0.3) is 72.5 Å². The lowest BCUT2D eigenvalue weighted by Crippen LogP contribution is -2.00. The van der Waals surface area contributed by atoms with E-state index in [2.05, 4.69) is 156 Å². The Balaban J connectivity index is 1.38. The molecule has 0 unspecified atom stereocenters. The van der Waals surface area contributed by atoms with Crippen molar-refractivity contribution in [1.29, 1.82) is 0 Å². The molecule has 0 aliphatic carbocycles. The van der Waals surface area contributed by atoms with E-state index in [1.54, 1.807) is 0 Å². The van der Waals surface area contributed by atoms with Crippen molar-refractivity contribution < 1.29 is 0 Å². The molecule has 0 N–H and O–H groups in total. The largest absolute Gasteiger partial charge is 0.309 e. The van der Waals surface area contributed by atoms with E-state index < -0.39 is 0 Å². The summed E-state index contributed by atoms with van der Waals surface area (Å²) in [6.07, 6.45) is 0. The van der Waals surface area contributed by atoms with E-state index in [4.69, 9.17) is 9.97 Å². The molecule has 0 bridgehead atoms. The first-order chi connectivity index (χ1) is 21.3. The number of benzene rings is 6. The van der Waals surface area contributed by atoms with Gasteiger partial charge in [0.2, 0.25) is 0 Å². The molecule has 3 nitrogen and oxygen atoms in total.